The molecule has 33 heavy (non-hydrogen) atoms. The summed E-state index contributed by atoms with van der Waals surface area (Å²) in [6.07, 6.45) is 0.664. The SMILES string of the molecule is COc1ccc(CCn2c(SCc3nc4ccccc4[nH]3)nc3ccsc3c2=O)cc1OC. The van der Waals surface area contributed by atoms with Crippen LogP contribution >= 0.6 is 23.1 Å². The molecule has 0 aliphatic rings. The molecule has 5 aromatic rings. The molecular weight excluding hydrogens is 456 g/mol. The summed E-state index contributed by atoms with van der Waals surface area (Å²) < 4.78 is 13.2. The van der Waals surface area contributed by atoms with Crippen molar-refractivity contribution in [3.05, 3.63) is 75.7 Å². The number of hydrogen-bond acceptors (Lipinski definition) is 7. The first kappa shape index (κ1) is 21.5. The Morgan fingerprint density at radius 2 is 1.88 bits per heavy atom. The molecule has 1 N–H and O–H groups in total. The Balaban J connectivity index is 1.42. The molecule has 0 saturated heterocycles. The monoisotopic (exact) mass is 478 g/mol. The molecule has 0 aliphatic heterocycles. The smallest absolute Gasteiger partial charge is 0.272 e. The fraction of sp³-hybridized carbons (Fsp3) is 0.208. The number of nitrogens with one attached hydrogen (secondary N) is 1. The number of para-hydroxylation sites is 2. The van der Waals surface area contributed by atoms with Crippen LogP contribution in [0, 0.1) is 0 Å². The maximum Gasteiger partial charge on any atom is 0.272 e. The molecule has 2 aromatic carbocycles. The first-order valence-electron chi connectivity index (χ1n) is 10.4. The zero-order valence-corrected chi connectivity index (χ0v) is 19.8. The molecule has 0 aliphatic carbocycles. The summed E-state index contributed by atoms with van der Waals surface area (Å²) in [5.41, 5.74) is 3.71. The number of fused-ring (bicyclic) bond motifs is 2. The van der Waals surface area contributed by atoms with Crippen LogP contribution < -0.4 is 15.0 Å². The molecule has 5 rings (SSSR count). The third kappa shape index (κ3) is 4.34. The summed E-state index contributed by atoms with van der Waals surface area (Å²) in [5.74, 6) is 2.80. The van der Waals surface area contributed by atoms with Crippen molar-refractivity contribution in [2.24, 2.45) is 0 Å². The molecule has 3 aromatic heterocycles. The molecule has 0 bridgehead atoms. The minimum Gasteiger partial charge on any atom is -0.493 e. The lowest BCUT2D eigenvalue weighted by atomic mass is 10.1. The second kappa shape index (κ2) is 9.29. The van der Waals surface area contributed by atoms with Crippen LogP contribution in [0.1, 0.15) is 11.4 Å². The molecule has 7 nitrogen and oxygen atoms in total. The van der Waals surface area contributed by atoms with E-state index in [2.05, 4.69) is 9.97 Å². The number of aromatic nitrogens is 4. The molecule has 3 heterocycles. The summed E-state index contributed by atoms with van der Waals surface area (Å²) >= 11 is 2.94. The molecule has 0 amide bonds. The van der Waals surface area contributed by atoms with Gasteiger partial charge in [0.2, 0.25) is 0 Å². The van der Waals surface area contributed by atoms with Crippen molar-refractivity contribution in [1.29, 1.82) is 0 Å². The standard InChI is InChI=1S/C24H22N4O3S2/c1-30-19-8-7-15(13-20(19)31-2)9-11-28-23(29)22-18(10-12-32-22)27-24(28)33-14-21-25-16-5-3-4-6-17(16)26-21/h3-8,10,12-13H,9,11,14H2,1-2H3,(H,25,26). The summed E-state index contributed by atoms with van der Waals surface area (Å²) in [6.45, 7) is 0.512. The van der Waals surface area contributed by atoms with Gasteiger partial charge >= 0.3 is 0 Å². The topological polar surface area (TPSA) is 82.0 Å². The van der Waals surface area contributed by atoms with Crippen LogP contribution in [-0.4, -0.2) is 33.7 Å². The van der Waals surface area contributed by atoms with Crippen molar-refractivity contribution in [2.75, 3.05) is 14.2 Å². The number of nitrogens with zero attached hydrogens (tertiary/aromatic N) is 3. The van der Waals surface area contributed by atoms with Crippen LogP contribution in [-0.2, 0) is 18.7 Å². The highest BCUT2D eigenvalue weighted by molar-refractivity contribution is 7.98. The molecule has 168 valence electrons. The largest absolute Gasteiger partial charge is 0.493 e. The van der Waals surface area contributed by atoms with Gasteiger partial charge in [0.1, 0.15) is 10.5 Å². The Hall–Kier alpha value is -3.30. The van der Waals surface area contributed by atoms with Gasteiger partial charge in [-0.1, -0.05) is 30.0 Å². The fourth-order valence-corrected chi connectivity index (χ4v) is 5.39. The van der Waals surface area contributed by atoms with E-state index in [0.717, 1.165) is 27.9 Å². The van der Waals surface area contributed by atoms with Gasteiger partial charge in [0, 0.05) is 6.54 Å². The van der Waals surface area contributed by atoms with E-state index in [9.17, 15) is 4.79 Å². The Morgan fingerprint density at radius 1 is 1.03 bits per heavy atom. The molecule has 0 spiro atoms. The number of imidazole rings is 1. The lowest BCUT2D eigenvalue weighted by Gasteiger charge is -2.13. The number of hydrogen-bond donors (Lipinski definition) is 1. The molecular formula is C24H22N4O3S2. The van der Waals surface area contributed by atoms with E-state index in [4.69, 9.17) is 14.5 Å². The number of rotatable bonds is 8. The maximum atomic E-state index is 13.3. The predicted octanol–water partition coefficient (Wildman–Crippen LogP) is 4.89. The maximum absolute atomic E-state index is 13.3. The van der Waals surface area contributed by atoms with Gasteiger partial charge in [-0.05, 0) is 47.7 Å². The fourth-order valence-electron chi connectivity index (χ4n) is 3.71. The first-order valence-corrected chi connectivity index (χ1v) is 12.3. The van der Waals surface area contributed by atoms with Crippen molar-refractivity contribution >= 4 is 44.3 Å². The molecule has 9 heteroatoms. The van der Waals surface area contributed by atoms with Gasteiger partial charge in [-0.25, -0.2) is 9.97 Å². The zero-order chi connectivity index (χ0) is 22.8. The van der Waals surface area contributed by atoms with Crippen LogP contribution in [0.4, 0.5) is 0 Å². The van der Waals surface area contributed by atoms with Crippen LogP contribution in [0.5, 0.6) is 11.5 Å². The predicted molar refractivity (Wildman–Crippen MR) is 133 cm³/mol. The van der Waals surface area contributed by atoms with Crippen LogP contribution in [0.15, 0.2) is 63.9 Å². The van der Waals surface area contributed by atoms with E-state index in [0.29, 0.717) is 40.1 Å². The number of aryl methyl sites for hydroxylation is 1. The summed E-state index contributed by atoms with van der Waals surface area (Å²) in [4.78, 5) is 26.0. The van der Waals surface area contributed by atoms with Gasteiger partial charge in [0.25, 0.3) is 5.56 Å². The molecule has 0 saturated carbocycles. The zero-order valence-electron chi connectivity index (χ0n) is 18.2. The van der Waals surface area contributed by atoms with Crippen molar-refractivity contribution in [2.45, 2.75) is 23.9 Å². The first-order chi connectivity index (χ1) is 16.2. The summed E-state index contributed by atoms with van der Waals surface area (Å²) in [6, 6.07) is 15.7. The molecule has 0 fully saturated rings. The molecule has 0 atom stereocenters. The minimum atomic E-state index is -0.0115. The third-order valence-electron chi connectivity index (χ3n) is 5.38. The normalized spacial score (nSPS) is 11.3. The average Bonchev–Trinajstić information content (AvgIpc) is 3.48. The van der Waals surface area contributed by atoms with E-state index < -0.39 is 0 Å². The van der Waals surface area contributed by atoms with Crippen molar-refractivity contribution in [3.63, 3.8) is 0 Å². The van der Waals surface area contributed by atoms with Crippen molar-refractivity contribution in [1.82, 2.24) is 19.5 Å². The van der Waals surface area contributed by atoms with Gasteiger partial charge in [-0.3, -0.25) is 9.36 Å². The number of thioether (sulfide) groups is 1. The number of thiophene rings is 1. The number of aromatic amines is 1. The average molecular weight is 479 g/mol. The van der Waals surface area contributed by atoms with Gasteiger partial charge in [0.05, 0.1) is 36.5 Å². The van der Waals surface area contributed by atoms with E-state index >= 15 is 0 Å². The van der Waals surface area contributed by atoms with Gasteiger partial charge in [-0.2, -0.15) is 0 Å². The summed E-state index contributed by atoms with van der Waals surface area (Å²) in [5, 5.41) is 2.60. The lowest BCUT2D eigenvalue weighted by molar-refractivity contribution is 0.354. The van der Waals surface area contributed by atoms with Crippen LogP contribution in [0.25, 0.3) is 21.3 Å². The summed E-state index contributed by atoms with van der Waals surface area (Å²) in [7, 11) is 3.23. The Kier molecular flexibility index (Phi) is 6.06. The quantitative estimate of drug-likeness (QED) is 0.253. The Bertz CT molecular complexity index is 1460. The van der Waals surface area contributed by atoms with E-state index in [1.165, 1.54) is 23.1 Å². The number of methoxy groups -OCH3 is 2. The van der Waals surface area contributed by atoms with Crippen molar-refractivity contribution < 1.29 is 9.47 Å². The van der Waals surface area contributed by atoms with Gasteiger partial charge in [0.15, 0.2) is 16.7 Å². The van der Waals surface area contributed by atoms with Crippen LogP contribution in [0.2, 0.25) is 0 Å². The number of benzene rings is 2. The minimum absolute atomic E-state index is 0.0115. The molecule has 0 radical (unpaired) electrons. The highest BCUT2D eigenvalue weighted by Gasteiger charge is 2.14. The van der Waals surface area contributed by atoms with Crippen molar-refractivity contribution in [3.8, 4) is 11.5 Å². The number of H-pyrrole nitrogens is 1. The lowest BCUT2D eigenvalue weighted by Crippen LogP contribution is -2.23. The van der Waals surface area contributed by atoms with Gasteiger partial charge in [-0.15, -0.1) is 11.3 Å². The number of ether oxygens (including phenoxy) is 2. The third-order valence-corrected chi connectivity index (χ3v) is 7.26. The second-order valence-corrected chi connectivity index (χ2v) is 9.27. The van der Waals surface area contributed by atoms with E-state index in [-0.39, 0.29) is 5.56 Å². The van der Waals surface area contributed by atoms with E-state index in [1.54, 1.807) is 18.8 Å². The van der Waals surface area contributed by atoms with E-state index in [1.807, 2.05) is 53.9 Å². The molecule has 0 unspecified atom stereocenters. The highest BCUT2D eigenvalue weighted by Crippen LogP contribution is 2.28. The highest BCUT2D eigenvalue weighted by atomic mass is 32.2. The second-order valence-electron chi connectivity index (χ2n) is 7.41. The Morgan fingerprint density at radius 3 is 2.70 bits per heavy atom. The Labute approximate surface area is 198 Å². The van der Waals surface area contributed by atoms with Crippen LogP contribution in [0.3, 0.4) is 0 Å². The van der Waals surface area contributed by atoms with Gasteiger partial charge < -0.3 is 14.5 Å².